The van der Waals surface area contributed by atoms with Gasteiger partial charge in [0.2, 0.25) is 0 Å². The molecule has 0 N–H and O–H groups in total. The van der Waals surface area contributed by atoms with E-state index in [-0.39, 0.29) is 11.4 Å². The molecule has 101 valence electrons. The van der Waals surface area contributed by atoms with Crippen LogP contribution in [0.25, 0.3) is 0 Å². The normalized spacial score (nSPS) is 11.5. The Kier molecular flexibility index (Phi) is 9.20. The van der Waals surface area contributed by atoms with Crippen LogP contribution in [0.3, 0.4) is 0 Å². The first kappa shape index (κ1) is 16.5. The lowest BCUT2D eigenvalue weighted by Gasteiger charge is -2.20. The van der Waals surface area contributed by atoms with Gasteiger partial charge in [0.05, 0.1) is 5.41 Å². The minimum absolute atomic E-state index is 0.194. The first-order valence-corrected chi connectivity index (χ1v) is 7.01. The SMILES string of the molecule is [CH2]OC(=O)C(C)(C)CCCCCCCCCC. The highest BCUT2D eigenvalue weighted by atomic mass is 16.5. The Balaban J connectivity index is 3.42. The fraction of sp³-hybridized carbons (Fsp3) is 0.867. The molecule has 0 aliphatic carbocycles. The van der Waals surface area contributed by atoms with Crippen molar-refractivity contribution in [3.05, 3.63) is 7.11 Å². The van der Waals surface area contributed by atoms with Crippen molar-refractivity contribution in [2.75, 3.05) is 0 Å². The molecule has 0 aliphatic heterocycles. The van der Waals surface area contributed by atoms with E-state index in [9.17, 15) is 4.79 Å². The molecule has 0 aliphatic rings. The molecule has 2 heteroatoms. The summed E-state index contributed by atoms with van der Waals surface area (Å²) in [5.41, 5.74) is -0.371. The molecular formula is C15H29O2. The van der Waals surface area contributed by atoms with Gasteiger partial charge in [-0.2, -0.15) is 0 Å². The fourth-order valence-corrected chi connectivity index (χ4v) is 2.00. The standard InChI is InChI=1S/C15H29O2/c1-5-6-7-8-9-10-11-12-13-15(2,3)14(16)17-4/h4-13H2,1-3H3. The number of carbonyl (C=O) groups excluding carboxylic acids is 1. The summed E-state index contributed by atoms with van der Waals surface area (Å²) in [6.07, 6.45) is 11.3. The Labute approximate surface area is 107 Å². The number of esters is 1. The Bertz CT molecular complexity index is 197. The van der Waals surface area contributed by atoms with Crippen LogP contribution in [0.2, 0.25) is 0 Å². The molecule has 2 nitrogen and oxygen atoms in total. The molecule has 0 aromatic carbocycles. The average Bonchev–Trinajstić information content (AvgIpc) is 2.31. The number of carbonyl (C=O) groups is 1. The maximum atomic E-state index is 11.4. The molecule has 0 heterocycles. The summed E-state index contributed by atoms with van der Waals surface area (Å²) in [5.74, 6) is -0.194. The van der Waals surface area contributed by atoms with Crippen molar-refractivity contribution in [2.45, 2.75) is 78.6 Å². The molecule has 0 bridgehead atoms. The monoisotopic (exact) mass is 241 g/mol. The Hall–Kier alpha value is -0.530. The first-order chi connectivity index (χ1) is 8.04. The molecule has 1 radical (unpaired) electrons. The zero-order valence-electron chi connectivity index (χ0n) is 11.9. The molecule has 0 saturated carbocycles. The molecule has 0 amide bonds. The number of ether oxygens (including phenoxy) is 1. The molecule has 0 rings (SSSR count). The van der Waals surface area contributed by atoms with E-state index in [2.05, 4.69) is 18.8 Å². The predicted octanol–water partition coefficient (Wildman–Crippen LogP) is 4.88. The quantitative estimate of drug-likeness (QED) is 0.402. The van der Waals surface area contributed by atoms with Gasteiger partial charge in [-0.25, -0.2) is 0 Å². The van der Waals surface area contributed by atoms with Gasteiger partial charge in [-0.05, 0) is 20.3 Å². The maximum absolute atomic E-state index is 11.4. The number of unbranched alkanes of at least 4 members (excludes halogenated alkanes) is 7. The third-order valence-corrected chi connectivity index (χ3v) is 3.34. The molecule has 0 aromatic heterocycles. The summed E-state index contributed by atoms with van der Waals surface area (Å²) < 4.78 is 4.55. The first-order valence-electron chi connectivity index (χ1n) is 7.01. The lowest BCUT2D eigenvalue weighted by atomic mass is 9.87. The minimum Gasteiger partial charge on any atom is -0.462 e. The second kappa shape index (κ2) is 9.49. The number of rotatable bonds is 10. The van der Waals surface area contributed by atoms with Crippen molar-refractivity contribution >= 4 is 5.97 Å². The highest BCUT2D eigenvalue weighted by Gasteiger charge is 2.27. The van der Waals surface area contributed by atoms with Crippen LogP contribution in [0.4, 0.5) is 0 Å². The van der Waals surface area contributed by atoms with Gasteiger partial charge < -0.3 is 4.74 Å². The second-order valence-corrected chi connectivity index (χ2v) is 5.54. The van der Waals surface area contributed by atoms with Gasteiger partial charge in [0.25, 0.3) is 0 Å². The third-order valence-electron chi connectivity index (χ3n) is 3.34. The minimum atomic E-state index is -0.371. The van der Waals surface area contributed by atoms with Gasteiger partial charge in [0, 0.05) is 0 Å². The zero-order chi connectivity index (χ0) is 13.1. The molecule has 0 fully saturated rings. The molecule has 0 spiro atoms. The van der Waals surface area contributed by atoms with E-state index in [1.807, 2.05) is 13.8 Å². The smallest absolute Gasteiger partial charge is 0.311 e. The van der Waals surface area contributed by atoms with E-state index >= 15 is 0 Å². The Morgan fingerprint density at radius 2 is 1.47 bits per heavy atom. The van der Waals surface area contributed by atoms with E-state index in [0.29, 0.717) is 0 Å². The van der Waals surface area contributed by atoms with Gasteiger partial charge >= 0.3 is 5.97 Å². The van der Waals surface area contributed by atoms with Crippen LogP contribution >= 0.6 is 0 Å². The van der Waals surface area contributed by atoms with Gasteiger partial charge in [0.15, 0.2) is 0 Å². The topological polar surface area (TPSA) is 26.3 Å². The van der Waals surface area contributed by atoms with E-state index in [1.165, 1.54) is 44.9 Å². The van der Waals surface area contributed by atoms with Gasteiger partial charge in [0.1, 0.15) is 7.11 Å². The van der Waals surface area contributed by atoms with E-state index in [4.69, 9.17) is 0 Å². The lowest BCUT2D eigenvalue weighted by molar-refractivity contribution is -0.148. The molecular weight excluding hydrogens is 212 g/mol. The van der Waals surface area contributed by atoms with Crippen LogP contribution in [-0.4, -0.2) is 5.97 Å². The van der Waals surface area contributed by atoms with Crippen LogP contribution in [-0.2, 0) is 9.53 Å². The van der Waals surface area contributed by atoms with Crippen LogP contribution in [0.1, 0.15) is 78.6 Å². The van der Waals surface area contributed by atoms with Crippen molar-refractivity contribution in [1.82, 2.24) is 0 Å². The van der Waals surface area contributed by atoms with Crippen molar-refractivity contribution in [1.29, 1.82) is 0 Å². The summed E-state index contributed by atoms with van der Waals surface area (Å²) in [6, 6.07) is 0. The van der Waals surface area contributed by atoms with Crippen molar-refractivity contribution < 1.29 is 9.53 Å². The van der Waals surface area contributed by atoms with Crippen molar-refractivity contribution in [3.63, 3.8) is 0 Å². The molecule has 0 unspecified atom stereocenters. The Morgan fingerprint density at radius 3 is 1.94 bits per heavy atom. The molecule has 0 aromatic rings. The van der Waals surface area contributed by atoms with Gasteiger partial charge in [-0.1, -0.05) is 58.3 Å². The van der Waals surface area contributed by atoms with Crippen LogP contribution in [0, 0.1) is 12.5 Å². The van der Waals surface area contributed by atoms with Crippen molar-refractivity contribution in [3.8, 4) is 0 Å². The molecule has 17 heavy (non-hydrogen) atoms. The fourth-order valence-electron chi connectivity index (χ4n) is 2.00. The molecule has 0 saturated heterocycles. The highest BCUT2D eigenvalue weighted by Crippen LogP contribution is 2.25. The van der Waals surface area contributed by atoms with Crippen LogP contribution < -0.4 is 0 Å². The van der Waals surface area contributed by atoms with Gasteiger partial charge in [-0.15, -0.1) is 0 Å². The summed E-state index contributed by atoms with van der Waals surface area (Å²) in [7, 11) is 3.19. The van der Waals surface area contributed by atoms with Gasteiger partial charge in [-0.3, -0.25) is 4.79 Å². The number of hydrogen-bond acceptors (Lipinski definition) is 2. The van der Waals surface area contributed by atoms with Crippen LogP contribution in [0.15, 0.2) is 0 Å². The maximum Gasteiger partial charge on any atom is 0.311 e. The van der Waals surface area contributed by atoms with E-state index in [1.54, 1.807) is 0 Å². The zero-order valence-corrected chi connectivity index (χ0v) is 11.9. The summed E-state index contributed by atoms with van der Waals surface area (Å²) in [5, 5.41) is 0. The second-order valence-electron chi connectivity index (χ2n) is 5.54. The summed E-state index contributed by atoms with van der Waals surface area (Å²) in [6.45, 7) is 6.10. The van der Waals surface area contributed by atoms with Crippen molar-refractivity contribution in [2.24, 2.45) is 5.41 Å². The molecule has 0 atom stereocenters. The van der Waals surface area contributed by atoms with E-state index < -0.39 is 0 Å². The third kappa shape index (κ3) is 8.23. The lowest BCUT2D eigenvalue weighted by Crippen LogP contribution is -2.24. The summed E-state index contributed by atoms with van der Waals surface area (Å²) >= 11 is 0. The largest absolute Gasteiger partial charge is 0.462 e. The highest BCUT2D eigenvalue weighted by molar-refractivity contribution is 5.75. The predicted molar refractivity (Wildman–Crippen MR) is 72.5 cm³/mol. The summed E-state index contributed by atoms with van der Waals surface area (Å²) in [4.78, 5) is 11.4. The van der Waals surface area contributed by atoms with E-state index in [0.717, 1.165) is 12.8 Å². The average molecular weight is 241 g/mol. The van der Waals surface area contributed by atoms with Crippen LogP contribution in [0.5, 0.6) is 0 Å². The Morgan fingerprint density at radius 1 is 1.00 bits per heavy atom. The number of hydrogen-bond donors (Lipinski definition) is 0.